The second kappa shape index (κ2) is 8.06. The lowest BCUT2D eigenvalue weighted by molar-refractivity contribution is -0.134. The molecule has 1 aromatic rings. The number of hydrogen-bond donors (Lipinski definition) is 0. The maximum Gasteiger partial charge on any atom is 0.387 e. The fraction of sp³-hybridized carbons (Fsp3) is 0.143. The van der Waals surface area contributed by atoms with E-state index in [4.69, 9.17) is 9.47 Å². The number of carbonyl (C=O) groups is 2. The first-order chi connectivity index (χ1) is 9.65. The van der Waals surface area contributed by atoms with Crippen molar-refractivity contribution in [1.82, 2.24) is 0 Å². The second-order valence-electron chi connectivity index (χ2n) is 3.11. The maximum absolute atomic E-state index is 10.7. The van der Waals surface area contributed by atoms with Crippen LogP contribution in [0.5, 0.6) is 11.5 Å². The molecule has 0 radical (unpaired) electrons. The van der Waals surface area contributed by atoms with Gasteiger partial charge in [0.05, 0.1) is 26.1 Å². The summed E-state index contributed by atoms with van der Waals surface area (Å²) < 4.78 is 18.6. The summed E-state index contributed by atoms with van der Waals surface area (Å²) >= 11 is 0. The third-order valence-corrected chi connectivity index (χ3v) is 1.84. The lowest BCUT2D eigenvalue weighted by atomic mass is 10.3. The van der Waals surface area contributed by atoms with E-state index in [0.29, 0.717) is 11.5 Å². The van der Waals surface area contributed by atoms with Crippen LogP contribution in [-0.2, 0) is 19.1 Å². The normalized spacial score (nSPS) is 8.10. The SMILES string of the molecule is COC(=O)C#COc1ccc(OC#CC(=O)OC)cc1. The molecule has 6 nitrogen and oxygen atoms in total. The molecular weight excluding hydrogens is 264 g/mol. The Labute approximate surface area is 115 Å². The van der Waals surface area contributed by atoms with Gasteiger partial charge in [-0.15, -0.1) is 0 Å². The van der Waals surface area contributed by atoms with Gasteiger partial charge in [-0.05, 0) is 24.3 Å². The Bertz CT molecular complexity index is 540. The third-order valence-electron chi connectivity index (χ3n) is 1.84. The van der Waals surface area contributed by atoms with Crippen molar-refractivity contribution < 1.29 is 28.5 Å². The van der Waals surface area contributed by atoms with Gasteiger partial charge in [0, 0.05) is 0 Å². The number of esters is 2. The quantitative estimate of drug-likeness (QED) is 0.584. The van der Waals surface area contributed by atoms with Crippen molar-refractivity contribution in [2.45, 2.75) is 0 Å². The largest absolute Gasteiger partial charge is 0.459 e. The van der Waals surface area contributed by atoms with Crippen LogP contribution >= 0.6 is 0 Å². The molecule has 102 valence electrons. The number of hydrogen-bond acceptors (Lipinski definition) is 6. The van der Waals surface area contributed by atoms with Crippen molar-refractivity contribution in [2.75, 3.05) is 14.2 Å². The van der Waals surface area contributed by atoms with Crippen molar-refractivity contribution in [2.24, 2.45) is 0 Å². The smallest absolute Gasteiger partial charge is 0.387 e. The average Bonchev–Trinajstić information content (AvgIpc) is 2.48. The van der Waals surface area contributed by atoms with Gasteiger partial charge in [0.25, 0.3) is 0 Å². The molecule has 0 aliphatic carbocycles. The van der Waals surface area contributed by atoms with Gasteiger partial charge in [-0.3, -0.25) is 0 Å². The van der Waals surface area contributed by atoms with Crippen LogP contribution in [0.2, 0.25) is 0 Å². The van der Waals surface area contributed by atoms with Crippen molar-refractivity contribution in [1.29, 1.82) is 0 Å². The van der Waals surface area contributed by atoms with Crippen LogP contribution in [0.15, 0.2) is 24.3 Å². The van der Waals surface area contributed by atoms with Crippen LogP contribution in [0, 0.1) is 24.1 Å². The number of benzene rings is 1. The van der Waals surface area contributed by atoms with Gasteiger partial charge < -0.3 is 18.9 Å². The van der Waals surface area contributed by atoms with E-state index in [1.54, 1.807) is 24.3 Å². The van der Waals surface area contributed by atoms with Crippen LogP contribution in [0.4, 0.5) is 0 Å². The second-order valence-corrected chi connectivity index (χ2v) is 3.11. The minimum atomic E-state index is -0.692. The summed E-state index contributed by atoms with van der Waals surface area (Å²) in [4.78, 5) is 21.4. The lowest BCUT2D eigenvalue weighted by Gasteiger charge is -1.98. The van der Waals surface area contributed by atoms with Crippen LogP contribution in [0.25, 0.3) is 0 Å². The highest BCUT2D eigenvalue weighted by Crippen LogP contribution is 2.16. The molecule has 0 saturated carbocycles. The molecule has 1 aromatic carbocycles. The lowest BCUT2D eigenvalue weighted by Crippen LogP contribution is -1.96. The Hall–Kier alpha value is -3.12. The standard InChI is InChI=1S/C14H10O6/c1-17-13(15)7-9-19-11-3-5-12(6-4-11)20-10-8-14(16)18-2/h3-6H,1-2H3. The van der Waals surface area contributed by atoms with Crippen LogP contribution in [0.3, 0.4) is 0 Å². The molecule has 0 saturated heterocycles. The van der Waals surface area contributed by atoms with E-state index in [-0.39, 0.29) is 0 Å². The maximum atomic E-state index is 10.7. The molecule has 0 aromatic heterocycles. The Morgan fingerprint density at radius 3 is 1.45 bits per heavy atom. The molecule has 6 heteroatoms. The van der Waals surface area contributed by atoms with Gasteiger partial charge in [-0.2, -0.15) is 0 Å². The highest BCUT2D eigenvalue weighted by molar-refractivity contribution is 5.88. The molecule has 0 unspecified atom stereocenters. The molecular formula is C14H10O6. The Morgan fingerprint density at radius 2 is 1.15 bits per heavy atom. The number of ether oxygens (including phenoxy) is 4. The molecule has 0 bridgehead atoms. The van der Waals surface area contributed by atoms with Gasteiger partial charge in [0.1, 0.15) is 23.7 Å². The topological polar surface area (TPSA) is 71.1 Å². The van der Waals surface area contributed by atoms with Crippen molar-refractivity contribution in [3.05, 3.63) is 24.3 Å². The Morgan fingerprint density at radius 1 is 0.800 bits per heavy atom. The van der Waals surface area contributed by atoms with Crippen molar-refractivity contribution >= 4 is 11.9 Å². The first-order valence-corrected chi connectivity index (χ1v) is 5.27. The van der Waals surface area contributed by atoms with Gasteiger partial charge in [0.2, 0.25) is 0 Å². The Balaban J connectivity index is 2.55. The van der Waals surface area contributed by atoms with E-state index in [1.165, 1.54) is 14.2 Å². The minimum Gasteiger partial charge on any atom is -0.459 e. The van der Waals surface area contributed by atoms with Crippen LogP contribution in [-0.4, -0.2) is 26.2 Å². The molecule has 0 amide bonds. The summed E-state index contributed by atoms with van der Waals surface area (Å²) in [6.45, 7) is 0. The molecule has 0 fully saturated rings. The first-order valence-electron chi connectivity index (χ1n) is 5.27. The molecule has 0 aliphatic heterocycles. The number of methoxy groups -OCH3 is 2. The molecule has 0 heterocycles. The zero-order valence-corrected chi connectivity index (χ0v) is 10.8. The third kappa shape index (κ3) is 5.48. The summed E-state index contributed by atoms with van der Waals surface area (Å²) in [6, 6.07) is 6.23. The average molecular weight is 274 g/mol. The zero-order valence-electron chi connectivity index (χ0n) is 10.8. The summed E-state index contributed by atoms with van der Waals surface area (Å²) in [5.41, 5.74) is 0. The summed E-state index contributed by atoms with van der Waals surface area (Å²) in [6.07, 6.45) is 4.37. The summed E-state index contributed by atoms with van der Waals surface area (Å²) in [7, 11) is 2.44. The molecule has 0 atom stereocenters. The predicted molar refractivity (Wildman–Crippen MR) is 67.3 cm³/mol. The van der Waals surface area contributed by atoms with Gasteiger partial charge in [-0.25, -0.2) is 9.59 Å². The highest BCUT2D eigenvalue weighted by atomic mass is 16.5. The van der Waals surface area contributed by atoms with Gasteiger partial charge in [0.15, 0.2) is 0 Å². The monoisotopic (exact) mass is 274 g/mol. The molecule has 1 rings (SSSR count). The van der Waals surface area contributed by atoms with E-state index in [1.807, 2.05) is 0 Å². The Kier molecular flexibility index (Phi) is 6.02. The molecule has 0 spiro atoms. The summed E-state index contributed by atoms with van der Waals surface area (Å²) in [5.74, 6) is 3.66. The zero-order chi connectivity index (χ0) is 14.8. The number of carbonyl (C=O) groups excluding carboxylic acids is 2. The van der Waals surface area contributed by atoms with E-state index in [0.717, 1.165) is 0 Å². The fourth-order valence-corrected chi connectivity index (χ4v) is 0.930. The van der Waals surface area contributed by atoms with Crippen LogP contribution < -0.4 is 9.47 Å². The van der Waals surface area contributed by atoms with Gasteiger partial charge in [-0.1, -0.05) is 0 Å². The van der Waals surface area contributed by atoms with Crippen molar-refractivity contribution in [3.8, 4) is 35.6 Å². The highest BCUT2D eigenvalue weighted by Gasteiger charge is 1.96. The fourth-order valence-electron chi connectivity index (χ4n) is 0.930. The molecule has 20 heavy (non-hydrogen) atoms. The number of rotatable bonds is 2. The predicted octanol–water partition coefficient (Wildman–Crippen LogP) is 0.712. The summed E-state index contributed by atoms with van der Waals surface area (Å²) in [5, 5.41) is 0. The van der Waals surface area contributed by atoms with Gasteiger partial charge >= 0.3 is 11.9 Å². The first kappa shape index (κ1) is 14.9. The van der Waals surface area contributed by atoms with Crippen LogP contribution in [0.1, 0.15) is 0 Å². The van der Waals surface area contributed by atoms with E-state index >= 15 is 0 Å². The minimum absolute atomic E-state index is 0.412. The molecule has 0 aliphatic rings. The van der Waals surface area contributed by atoms with E-state index in [2.05, 4.69) is 33.5 Å². The molecule has 0 N–H and O–H groups in total. The van der Waals surface area contributed by atoms with Crippen molar-refractivity contribution in [3.63, 3.8) is 0 Å². The van der Waals surface area contributed by atoms with E-state index in [9.17, 15) is 9.59 Å². The van der Waals surface area contributed by atoms with E-state index < -0.39 is 11.9 Å².